The normalized spacial score (nSPS) is 12.4. The maximum absolute atomic E-state index is 5.83. The molecule has 1 N–H and O–H groups in total. The van der Waals surface area contributed by atoms with E-state index in [-0.39, 0.29) is 6.04 Å². The van der Waals surface area contributed by atoms with Gasteiger partial charge in [0.15, 0.2) is 0 Å². The van der Waals surface area contributed by atoms with Gasteiger partial charge in [0.25, 0.3) is 0 Å². The van der Waals surface area contributed by atoms with Crippen molar-refractivity contribution in [3.8, 4) is 0 Å². The molecule has 0 aromatic carbocycles. The van der Waals surface area contributed by atoms with Crippen LogP contribution in [0.5, 0.6) is 0 Å². The molecule has 0 radical (unpaired) electrons. The monoisotopic (exact) mass is 252 g/mol. The van der Waals surface area contributed by atoms with Crippen LogP contribution in [0.25, 0.3) is 0 Å². The molecule has 16 heavy (non-hydrogen) atoms. The van der Waals surface area contributed by atoms with E-state index in [1.165, 1.54) is 9.75 Å². The van der Waals surface area contributed by atoms with Crippen LogP contribution in [0.1, 0.15) is 22.7 Å². The molecule has 2 nitrogen and oxygen atoms in total. The number of pyridine rings is 1. The Bertz CT molecular complexity index is 481. The molecule has 0 aliphatic rings. The van der Waals surface area contributed by atoms with Gasteiger partial charge in [0, 0.05) is 9.75 Å². The summed E-state index contributed by atoms with van der Waals surface area (Å²) in [6, 6.07) is 10.1. The van der Waals surface area contributed by atoms with Gasteiger partial charge in [-0.25, -0.2) is 4.98 Å². The topological polar surface area (TPSA) is 24.9 Å². The van der Waals surface area contributed by atoms with E-state index in [0.717, 1.165) is 5.82 Å². The van der Waals surface area contributed by atoms with Crippen molar-refractivity contribution in [3.05, 3.63) is 45.2 Å². The lowest BCUT2D eigenvalue weighted by Crippen LogP contribution is -2.06. The molecule has 1 unspecified atom stereocenters. The van der Waals surface area contributed by atoms with E-state index in [1.54, 1.807) is 17.4 Å². The summed E-state index contributed by atoms with van der Waals surface area (Å²) in [7, 11) is 0. The van der Waals surface area contributed by atoms with Gasteiger partial charge in [-0.3, -0.25) is 0 Å². The molecule has 0 saturated heterocycles. The van der Waals surface area contributed by atoms with E-state index in [9.17, 15) is 0 Å². The molecule has 2 aromatic rings. The summed E-state index contributed by atoms with van der Waals surface area (Å²) in [5.41, 5.74) is 0. The minimum atomic E-state index is 0.254. The summed E-state index contributed by atoms with van der Waals surface area (Å²) in [6.45, 7) is 4.23. The first-order valence-electron chi connectivity index (χ1n) is 5.10. The number of aromatic nitrogens is 1. The Morgan fingerprint density at radius 3 is 2.75 bits per heavy atom. The predicted molar refractivity (Wildman–Crippen MR) is 70.3 cm³/mol. The number of hydrogen-bond donors (Lipinski definition) is 1. The van der Waals surface area contributed by atoms with Crippen molar-refractivity contribution in [3.63, 3.8) is 0 Å². The van der Waals surface area contributed by atoms with E-state index in [2.05, 4.69) is 36.3 Å². The maximum Gasteiger partial charge on any atom is 0.131 e. The van der Waals surface area contributed by atoms with Crippen molar-refractivity contribution in [2.45, 2.75) is 19.9 Å². The molecular formula is C12H13ClN2S. The van der Waals surface area contributed by atoms with Crippen LogP contribution in [0.4, 0.5) is 5.82 Å². The summed E-state index contributed by atoms with van der Waals surface area (Å²) < 4.78 is 0. The molecule has 0 saturated carbocycles. The number of nitrogens with one attached hydrogen (secondary N) is 1. The lowest BCUT2D eigenvalue weighted by molar-refractivity contribution is 0.896. The van der Waals surface area contributed by atoms with Gasteiger partial charge in [-0.1, -0.05) is 17.7 Å². The molecular weight excluding hydrogens is 240 g/mol. The van der Waals surface area contributed by atoms with Gasteiger partial charge in [0.05, 0.1) is 6.04 Å². The Hall–Kier alpha value is -1.06. The van der Waals surface area contributed by atoms with Crippen LogP contribution in [-0.2, 0) is 0 Å². The molecule has 0 fully saturated rings. The Morgan fingerprint density at radius 1 is 1.31 bits per heavy atom. The van der Waals surface area contributed by atoms with Gasteiger partial charge >= 0.3 is 0 Å². The van der Waals surface area contributed by atoms with Crippen LogP contribution in [0.15, 0.2) is 30.3 Å². The molecule has 4 heteroatoms. The van der Waals surface area contributed by atoms with Gasteiger partial charge in [-0.15, -0.1) is 11.3 Å². The van der Waals surface area contributed by atoms with Crippen molar-refractivity contribution in [2.75, 3.05) is 5.32 Å². The maximum atomic E-state index is 5.83. The largest absolute Gasteiger partial charge is 0.363 e. The SMILES string of the molecule is Cc1ccc(C(C)Nc2cccc(Cl)n2)s1. The number of halogens is 1. The molecule has 0 spiro atoms. The van der Waals surface area contributed by atoms with Gasteiger partial charge in [0.1, 0.15) is 11.0 Å². The highest BCUT2D eigenvalue weighted by atomic mass is 35.5. The van der Waals surface area contributed by atoms with Crippen LogP contribution in [0.2, 0.25) is 5.15 Å². The first kappa shape index (κ1) is 11.4. The lowest BCUT2D eigenvalue weighted by Gasteiger charge is -2.12. The second-order valence-electron chi connectivity index (χ2n) is 3.66. The smallest absolute Gasteiger partial charge is 0.131 e. The fourth-order valence-corrected chi connectivity index (χ4v) is 2.51. The zero-order valence-electron chi connectivity index (χ0n) is 9.20. The summed E-state index contributed by atoms with van der Waals surface area (Å²) in [6.07, 6.45) is 0. The van der Waals surface area contributed by atoms with Gasteiger partial charge in [-0.2, -0.15) is 0 Å². The standard InChI is InChI=1S/C12H13ClN2S/c1-8-6-7-10(16-8)9(2)14-12-5-3-4-11(13)15-12/h3-7,9H,1-2H3,(H,14,15). The third-order valence-corrected chi connectivity index (χ3v) is 3.66. The van der Waals surface area contributed by atoms with Gasteiger partial charge in [0.2, 0.25) is 0 Å². The van der Waals surface area contributed by atoms with E-state index in [1.807, 2.05) is 12.1 Å². The Kier molecular flexibility index (Phi) is 3.46. The van der Waals surface area contributed by atoms with Crippen molar-refractivity contribution >= 4 is 28.8 Å². The molecule has 84 valence electrons. The molecule has 0 bridgehead atoms. The quantitative estimate of drug-likeness (QED) is 0.825. The van der Waals surface area contributed by atoms with Crippen LogP contribution < -0.4 is 5.32 Å². The summed E-state index contributed by atoms with van der Waals surface area (Å²) in [4.78, 5) is 6.83. The highest BCUT2D eigenvalue weighted by Crippen LogP contribution is 2.25. The number of nitrogens with zero attached hydrogens (tertiary/aromatic N) is 1. The first-order valence-corrected chi connectivity index (χ1v) is 6.30. The number of anilines is 1. The summed E-state index contributed by atoms with van der Waals surface area (Å²) in [5.74, 6) is 0.811. The highest BCUT2D eigenvalue weighted by molar-refractivity contribution is 7.12. The Balaban J connectivity index is 2.10. The Labute approximate surface area is 104 Å². The highest BCUT2D eigenvalue weighted by Gasteiger charge is 2.07. The zero-order valence-corrected chi connectivity index (χ0v) is 10.8. The average molecular weight is 253 g/mol. The number of thiophene rings is 1. The molecule has 1 atom stereocenters. The lowest BCUT2D eigenvalue weighted by atomic mass is 10.2. The minimum Gasteiger partial charge on any atom is -0.363 e. The number of rotatable bonds is 3. The van der Waals surface area contributed by atoms with Gasteiger partial charge < -0.3 is 5.32 Å². The molecule has 2 rings (SSSR count). The third-order valence-electron chi connectivity index (χ3n) is 2.27. The van der Waals surface area contributed by atoms with Crippen molar-refractivity contribution in [1.29, 1.82) is 0 Å². The number of hydrogen-bond acceptors (Lipinski definition) is 3. The van der Waals surface area contributed by atoms with E-state index >= 15 is 0 Å². The second kappa shape index (κ2) is 4.85. The van der Waals surface area contributed by atoms with Crippen LogP contribution in [-0.4, -0.2) is 4.98 Å². The minimum absolute atomic E-state index is 0.254. The second-order valence-corrected chi connectivity index (χ2v) is 5.37. The summed E-state index contributed by atoms with van der Waals surface area (Å²) >= 11 is 7.63. The fraction of sp³-hybridized carbons (Fsp3) is 0.250. The first-order chi connectivity index (χ1) is 7.65. The van der Waals surface area contributed by atoms with Crippen LogP contribution in [0.3, 0.4) is 0 Å². The van der Waals surface area contributed by atoms with Crippen molar-refractivity contribution < 1.29 is 0 Å². The van der Waals surface area contributed by atoms with E-state index in [4.69, 9.17) is 11.6 Å². The number of aryl methyl sites for hydroxylation is 1. The van der Waals surface area contributed by atoms with Crippen molar-refractivity contribution in [2.24, 2.45) is 0 Å². The third kappa shape index (κ3) is 2.74. The van der Waals surface area contributed by atoms with Gasteiger partial charge in [-0.05, 0) is 38.1 Å². The van der Waals surface area contributed by atoms with Crippen molar-refractivity contribution in [1.82, 2.24) is 4.98 Å². The summed E-state index contributed by atoms with van der Waals surface area (Å²) in [5, 5.41) is 3.84. The molecule has 2 heterocycles. The van der Waals surface area contributed by atoms with Crippen LogP contribution in [0, 0.1) is 6.92 Å². The Morgan fingerprint density at radius 2 is 2.12 bits per heavy atom. The average Bonchev–Trinajstić information content (AvgIpc) is 2.65. The fourth-order valence-electron chi connectivity index (χ4n) is 1.47. The molecule has 2 aromatic heterocycles. The molecule has 0 aliphatic heterocycles. The van der Waals surface area contributed by atoms with E-state index < -0.39 is 0 Å². The zero-order chi connectivity index (χ0) is 11.5. The predicted octanol–water partition coefficient (Wildman–Crippen LogP) is 4.28. The molecule has 0 aliphatic carbocycles. The molecule has 0 amide bonds. The van der Waals surface area contributed by atoms with Crippen LogP contribution >= 0.6 is 22.9 Å². The van der Waals surface area contributed by atoms with E-state index in [0.29, 0.717) is 5.15 Å².